The van der Waals surface area contributed by atoms with Crippen molar-refractivity contribution in [3.05, 3.63) is 59.7 Å². The van der Waals surface area contributed by atoms with Gasteiger partial charge in [0.15, 0.2) is 6.17 Å². The van der Waals surface area contributed by atoms with Gasteiger partial charge in [-0.2, -0.15) is 0 Å². The number of rotatable bonds is 16. The summed E-state index contributed by atoms with van der Waals surface area (Å²) < 4.78 is 19.4. The molecule has 1 aliphatic rings. The highest BCUT2D eigenvalue weighted by molar-refractivity contribution is 5.74. The fourth-order valence-electron chi connectivity index (χ4n) is 5.53. The molecule has 1 aliphatic carbocycles. The van der Waals surface area contributed by atoms with E-state index in [1.165, 1.54) is 80.0 Å². The van der Waals surface area contributed by atoms with Crippen LogP contribution in [-0.2, 0) is 16.0 Å². The SMILES string of the molecule is CCCCCCCCCCc1ccc(-c2ccc([C@H]3CC[C@H](OC(=O)[C@@H](F)CCCC)CC3)cc2)cc1. The molecule has 3 rings (SSSR count). The summed E-state index contributed by atoms with van der Waals surface area (Å²) in [7, 11) is 0. The fraction of sp³-hybridized carbons (Fsp3) is 0.618. The zero-order chi connectivity index (χ0) is 26.3. The summed E-state index contributed by atoms with van der Waals surface area (Å²) in [6.45, 7) is 4.27. The largest absolute Gasteiger partial charge is 0.460 e. The van der Waals surface area contributed by atoms with Crippen LogP contribution < -0.4 is 0 Å². The molecule has 37 heavy (non-hydrogen) atoms. The molecule has 0 spiro atoms. The van der Waals surface area contributed by atoms with E-state index in [0.717, 1.165) is 38.5 Å². The molecular weight excluding hydrogens is 459 g/mol. The van der Waals surface area contributed by atoms with E-state index in [-0.39, 0.29) is 12.5 Å². The average molecular weight is 509 g/mol. The first-order chi connectivity index (χ1) is 18.1. The lowest BCUT2D eigenvalue weighted by Gasteiger charge is -2.29. The third-order valence-electron chi connectivity index (χ3n) is 8.01. The monoisotopic (exact) mass is 508 g/mol. The number of unbranched alkanes of at least 4 members (excludes halogenated alkanes) is 8. The molecular formula is C34H49FO2. The highest BCUT2D eigenvalue weighted by Gasteiger charge is 2.27. The van der Waals surface area contributed by atoms with Crippen molar-refractivity contribution < 1.29 is 13.9 Å². The lowest BCUT2D eigenvalue weighted by molar-refractivity contribution is -0.157. The third kappa shape index (κ3) is 10.3. The second kappa shape index (κ2) is 16.6. The van der Waals surface area contributed by atoms with Gasteiger partial charge >= 0.3 is 5.97 Å². The van der Waals surface area contributed by atoms with Gasteiger partial charge in [0.2, 0.25) is 0 Å². The molecule has 0 amide bonds. The maximum atomic E-state index is 13.9. The predicted molar refractivity (Wildman–Crippen MR) is 154 cm³/mol. The van der Waals surface area contributed by atoms with Crippen molar-refractivity contribution in [2.24, 2.45) is 0 Å². The molecule has 1 fully saturated rings. The van der Waals surface area contributed by atoms with E-state index < -0.39 is 12.1 Å². The number of esters is 1. The normalized spacial score (nSPS) is 18.5. The molecule has 0 radical (unpaired) electrons. The van der Waals surface area contributed by atoms with Gasteiger partial charge < -0.3 is 4.74 Å². The summed E-state index contributed by atoms with van der Waals surface area (Å²) in [5.41, 5.74) is 5.32. The Hall–Kier alpha value is -2.16. The first-order valence-corrected chi connectivity index (χ1v) is 15.1. The van der Waals surface area contributed by atoms with Gasteiger partial charge in [0, 0.05) is 0 Å². The van der Waals surface area contributed by atoms with E-state index in [1.54, 1.807) is 0 Å². The van der Waals surface area contributed by atoms with Crippen molar-refractivity contribution in [2.75, 3.05) is 0 Å². The van der Waals surface area contributed by atoms with Crippen LogP contribution in [0.5, 0.6) is 0 Å². The molecule has 2 aromatic carbocycles. The Labute approximate surface area is 225 Å². The van der Waals surface area contributed by atoms with Crippen molar-refractivity contribution in [2.45, 2.75) is 135 Å². The smallest absolute Gasteiger partial charge is 0.340 e. The van der Waals surface area contributed by atoms with Crippen LogP contribution in [0.3, 0.4) is 0 Å². The summed E-state index contributed by atoms with van der Waals surface area (Å²) in [5, 5.41) is 0. The number of alkyl halides is 1. The van der Waals surface area contributed by atoms with Crippen molar-refractivity contribution in [1.82, 2.24) is 0 Å². The number of benzene rings is 2. The Bertz CT molecular complexity index is 881. The Morgan fingerprint density at radius 3 is 1.89 bits per heavy atom. The standard InChI is InChI=1S/C34H49FO2/c1-3-5-7-8-9-10-11-12-13-27-15-17-28(18-16-27)29-19-21-30(22-20-29)31-23-25-32(26-24-31)37-34(36)33(35)14-6-4-2/h15-22,31-33H,3-14,23-26H2,1-2H3/t31-,32-,33-/m0/s1. The van der Waals surface area contributed by atoms with Crippen LogP contribution in [0.1, 0.15) is 127 Å². The number of carbonyl (C=O) groups excluding carboxylic acids is 1. The molecule has 0 aliphatic heterocycles. The Morgan fingerprint density at radius 2 is 1.30 bits per heavy atom. The Morgan fingerprint density at radius 1 is 0.757 bits per heavy atom. The molecule has 0 bridgehead atoms. The van der Waals surface area contributed by atoms with Gasteiger partial charge in [-0.1, -0.05) is 120 Å². The molecule has 0 unspecified atom stereocenters. The molecule has 204 valence electrons. The predicted octanol–water partition coefficient (Wildman–Crippen LogP) is 10.1. The van der Waals surface area contributed by atoms with Gasteiger partial charge in [-0.25, -0.2) is 9.18 Å². The summed E-state index contributed by atoms with van der Waals surface area (Å²) in [6, 6.07) is 18.1. The summed E-state index contributed by atoms with van der Waals surface area (Å²) in [4.78, 5) is 12.0. The van der Waals surface area contributed by atoms with E-state index in [9.17, 15) is 9.18 Å². The molecule has 0 aromatic heterocycles. The lowest BCUT2D eigenvalue weighted by atomic mass is 9.82. The van der Waals surface area contributed by atoms with Crippen molar-refractivity contribution in [3.63, 3.8) is 0 Å². The lowest BCUT2D eigenvalue weighted by Crippen LogP contribution is -2.28. The molecule has 1 saturated carbocycles. The third-order valence-corrected chi connectivity index (χ3v) is 8.01. The van der Waals surface area contributed by atoms with Crippen LogP contribution in [-0.4, -0.2) is 18.2 Å². The van der Waals surface area contributed by atoms with E-state index in [2.05, 4.69) is 55.5 Å². The van der Waals surface area contributed by atoms with Crippen LogP contribution >= 0.6 is 0 Å². The number of ether oxygens (including phenoxy) is 1. The highest BCUT2D eigenvalue weighted by atomic mass is 19.1. The molecule has 2 aromatic rings. The Kier molecular flexibility index (Phi) is 13.2. The van der Waals surface area contributed by atoms with Gasteiger partial charge in [-0.05, 0) is 73.1 Å². The molecule has 0 saturated heterocycles. The minimum atomic E-state index is -1.47. The Balaban J connectivity index is 1.38. The zero-order valence-electron chi connectivity index (χ0n) is 23.4. The summed E-state index contributed by atoms with van der Waals surface area (Å²) >= 11 is 0. The summed E-state index contributed by atoms with van der Waals surface area (Å²) in [5.74, 6) is -0.177. The van der Waals surface area contributed by atoms with Gasteiger partial charge in [0.05, 0.1) is 0 Å². The van der Waals surface area contributed by atoms with Gasteiger partial charge in [0.1, 0.15) is 6.10 Å². The maximum Gasteiger partial charge on any atom is 0.340 e. The minimum Gasteiger partial charge on any atom is -0.460 e. The van der Waals surface area contributed by atoms with Crippen molar-refractivity contribution in [1.29, 1.82) is 0 Å². The first kappa shape index (κ1) is 29.4. The molecule has 2 nitrogen and oxygen atoms in total. The number of halogens is 1. The molecule has 3 heteroatoms. The van der Waals surface area contributed by atoms with Crippen molar-refractivity contribution in [3.8, 4) is 11.1 Å². The molecule has 0 heterocycles. The highest BCUT2D eigenvalue weighted by Crippen LogP contribution is 2.35. The van der Waals surface area contributed by atoms with Crippen LogP contribution in [0, 0.1) is 0 Å². The average Bonchev–Trinajstić information content (AvgIpc) is 2.94. The molecule has 0 N–H and O–H groups in total. The maximum absolute atomic E-state index is 13.9. The summed E-state index contributed by atoms with van der Waals surface area (Å²) in [6.07, 6.45) is 16.0. The number of hydrogen-bond acceptors (Lipinski definition) is 2. The second-order valence-electron chi connectivity index (χ2n) is 11.1. The minimum absolute atomic E-state index is 0.132. The number of hydrogen-bond donors (Lipinski definition) is 0. The van der Waals surface area contributed by atoms with E-state index in [1.807, 2.05) is 6.92 Å². The second-order valence-corrected chi connectivity index (χ2v) is 11.1. The van der Waals surface area contributed by atoms with Gasteiger partial charge in [-0.15, -0.1) is 0 Å². The van der Waals surface area contributed by atoms with Crippen LogP contribution in [0.2, 0.25) is 0 Å². The molecule has 1 atom stereocenters. The van der Waals surface area contributed by atoms with Gasteiger partial charge in [0.25, 0.3) is 0 Å². The quantitative estimate of drug-likeness (QED) is 0.166. The van der Waals surface area contributed by atoms with E-state index in [4.69, 9.17) is 4.74 Å². The van der Waals surface area contributed by atoms with Crippen LogP contribution in [0.15, 0.2) is 48.5 Å². The first-order valence-electron chi connectivity index (χ1n) is 15.1. The van der Waals surface area contributed by atoms with Crippen molar-refractivity contribution >= 4 is 5.97 Å². The zero-order valence-corrected chi connectivity index (χ0v) is 23.4. The van der Waals surface area contributed by atoms with Crippen LogP contribution in [0.4, 0.5) is 4.39 Å². The van der Waals surface area contributed by atoms with E-state index in [0.29, 0.717) is 5.92 Å². The van der Waals surface area contributed by atoms with E-state index >= 15 is 0 Å². The topological polar surface area (TPSA) is 26.3 Å². The van der Waals surface area contributed by atoms with Gasteiger partial charge in [-0.3, -0.25) is 0 Å². The fourth-order valence-corrected chi connectivity index (χ4v) is 5.53. The van der Waals surface area contributed by atoms with Crippen LogP contribution in [0.25, 0.3) is 11.1 Å². The number of aryl methyl sites for hydroxylation is 1. The number of carbonyl (C=O) groups is 1.